The second-order valence-corrected chi connectivity index (χ2v) is 4.42. The van der Waals surface area contributed by atoms with Gasteiger partial charge in [-0.1, -0.05) is 23.2 Å². The topological polar surface area (TPSA) is 38.9 Å². The summed E-state index contributed by atoms with van der Waals surface area (Å²) in [6, 6.07) is 1.84. The molecule has 0 unspecified atom stereocenters. The number of pyridine rings is 1. The van der Waals surface area contributed by atoms with Gasteiger partial charge in [0.25, 0.3) is 0 Å². The maximum absolute atomic E-state index is 5.96. The standard InChI is InChI=1S/C9H10Cl2N2/c10-7-3-6(5-13-8(7)11)4-9(12)1-2-9/h3,5H,1-2,4,12H2. The van der Waals surface area contributed by atoms with Crippen molar-refractivity contribution >= 4 is 23.2 Å². The van der Waals surface area contributed by atoms with Crippen molar-refractivity contribution in [3.63, 3.8) is 0 Å². The monoisotopic (exact) mass is 216 g/mol. The van der Waals surface area contributed by atoms with Gasteiger partial charge in [-0.3, -0.25) is 0 Å². The molecule has 1 aliphatic carbocycles. The number of rotatable bonds is 2. The van der Waals surface area contributed by atoms with Crippen LogP contribution in [-0.2, 0) is 6.42 Å². The number of halogens is 2. The lowest BCUT2D eigenvalue weighted by Crippen LogP contribution is -2.24. The minimum atomic E-state index is -0.00115. The summed E-state index contributed by atoms with van der Waals surface area (Å²) >= 11 is 11.5. The highest BCUT2D eigenvalue weighted by Crippen LogP contribution is 2.36. The number of hydrogen-bond donors (Lipinski definition) is 1. The minimum Gasteiger partial charge on any atom is -0.325 e. The van der Waals surface area contributed by atoms with Crippen molar-refractivity contribution in [3.8, 4) is 0 Å². The Morgan fingerprint density at radius 3 is 2.69 bits per heavy atom. The number of aromatic nitrogens is 1. The predicted octanol–water partition coefficient (Wildman–Crippen LogP) is 2.42. The molecule has 2 rings (SSSR count). The van der Waals surface area contributed by atoms with Gasteiger partial charge in [-0.25, -0.2) is 4.98 Å². The van der Waals surface area contributed by atoms with Gasteiger partial charge in [-0.15, -0.1) is 0 Å². The van der Waals surface area contributed by atoms with Gasteiger partial charge in [0.1, 0.15) is 5.15 Å². The van der Waals surface area contributed by atoms with E-state index in [-0.39, 0.29) is 5.54 Å². The number of nitrogens with zero attached hydrogens (tertiary/aromatic N) is 1. The van der Waals surface area contributed by atoms with E-state index in [1.807, 2.05) is 6.07 Å². The molecule has 0 amide bonds. The molecule has 1 aromatic rings. The first-order chi connectivity index (χ1) is 6.09. The molecule has 1 saturated carbocycles. The van der Waals surface area contributed by atoms with Crippen LogP contribution in [0, 0.1) is 0 Å². The van der Waals surface area contributed by atoms with Crippen LogP contribution < -0.4 is 5.73 Å². The number of nitrogens with two attached hydrogens (primary N) is 1. The Morgan fingerprint density at radius 1 is 1.46 bits per heavy atom. The van der Waals surface area contributed by atoms with Crippen LogP contribution in [0.2, 0.25) is 10.2 Å². The Labute approximate surface area is 87.1 Å². The summed E-state index contributed by atoms with van der Waals surface area (Å²) in [5.41, 5.74) is 7.03. The Bertz CT molecular complexity index is 334. The predicted molar refractivity (Wildman–Crippen MR) is 54.1 cm³/mol. The summed E-state index contributed by atoms with van der Waals surface area (Å²) in [6.07, 6.45) is 4.76. The van der Waals surface area contributed by atoms with Gasteiger partial charge < -0.3 is 5.73 Å². The van der Waals surface area contributed by atoms with Crippen molar-refractivity contribution in [1.29, 1.82) is 0 Å². The zero-order chi connectivity index (χ0) is 9.47. The van der Waals surface area contributed by atoms with Crippen LogP contribution in [0.5, 0.6) is 0 Å². The Kier molecular flexibility index (Phi) is 2.22. The highest BCUT2D eigenvalue weighted by molar-refractivity contribution is 6.41. The van der Waals surface area contributed by atoms with Crippen LogP contribution >= 0.6 is 23.2 Å². The van der Waals surface area contributed by atoms with Crippen LogP contribution in [0.15, 0.2) is 12.3 Å². The van der Waals surface area contributed by atoms with Crippen molar-refractivity contribution in [2.24, 2.45) is 5.73 Å². The summed E-state index contributed by atoms with van der Waals surface area (Å²) in [5.74, 6) is 0. The lowest BCUT2D eigenvalue weighted by molar-refractivity contribution is 0.670. The first-order valence-corrected chi connectivity index (χ1v) is 4.93. The van der Waals surface area contributed by atoms with E-state index < -0.39 is 0 Å². The molecule has 0 saturated heterocycles. The molecule has 1 aliphatic rings. The highest BCUT2D eigenvalue weighted by atomic mass is 35.5. The van der Waals surface area contributed by atoms with Crippen molar-refractivity contribution in [2.75, 3.05) is 0 Å². The Hall–Kier alpha value is -0.310. The van der Waals surface area contributed by atoms with Crippen molar-refractivity contribution in [1.82, 2.24) is 4.98 Å². The van der Waals surface area contributed by atoms with Gasteiger partial charge in [0.15, 0.2) is 0 Å². The van der Waals surface area contributed by atoms with Crippen LogP contribution in [0.25, 0.3) is 0 Å². The second-order valence-electron chi connectivity index (χ2n) is 3.66. The van der Waals surface area contributed by atoms with Crippen LogP contribution in [-0.4, -0.2) is 10.5 Å². The molecular formula is C9H10Cl2N2. The van der Waals surface area contributed by atoms with Gasteiger partial charge in [0.05, 0.1) is 5.02 Å². The molecule has 2 N–H and O–H groups in total. The van der Waals surface area contributed by atoms with Crippen LogP contribution in [0.1, 0.15) is 18.4 Å². The third-order valence-electron chi connectivity index (χ3n) is 2.30. The smallest absolute Gasteiger partial charge is 0.147 e. The Balaban J connectivity index is 2.17. The summed E-state index contributed by atoms with van der Waals surface area (Å²) in [4.78, 5) is 3.97. The summed E-state index contributed by atoms with van der Waals surface area (Å²) in [6.45, 7) is 0. The largest absolute Gasteiger partial charge is 0.325 e. The molecule has 70 valence electrons. The number of hydrogen-bond acceptors (Lipinski definition) is 2. The zero-order valence-electron chi connectivity index (χ0n) is 7.06. The summed E-state index contributed by atoms with van der Waals surface area (Å²) in [7, 11) is 0. The molecule has 0 radical (unpaired) electrons. The molecule has 0 aliphatic heterocycles. The SMILES string of the molecule is NC1(Cc2cnc(Cl)c(Cl)c2)CC1. The molecule has 2 nitrogen and oxygen atoms in total. The second kappa shape index (κ2) is 3.12. The molecule has 1 heterocycles. The third kappa shape index (κ3) is 2.13. The van der Waals surface area contributed by atoms with Gasteiger partial charge in [-0.05, 0) is 30.9 Å². The lowest BCUT2D eigenvalue weighted by atomic mass is 10.1. The van der Waals surface area contributed by atoms with Crippen molar-refractivity contribution < 1.29 is 0 Å². The molecule has 0 atom stereocenters. The van der Waals surface area contributed by atoms with E-state index in [2.05, 4.69) is 4.98 Å². The fourth-order valence-electron chi connectivity index (χ4n) is 1.30. The molecule has 0 aromatic carbocycles. The molecule has 1 fully saturated rings. The normalized spacial score (nSPS) is 18.7. The van der Waals surface area contributed by atoms with Crippen LogP contribution in [0.3, 0.4) is 0 Å². The average Bonchev–Trinajstić information content (AvgIpc) is 2.76. The van der Waals surface area contributed by atoms with Gasteiger partial charge in [0, 0.05) is 11.7 Å². The highest BCUT2D eigenvalue weighted by Gasteiger charge is 2.38. The summed E-state index contributed by atoms with van der Waals surface area (Å²) in [5, 5.41) is 0.857. The quantitative estimate of drug-likeness (QED) is 0.772. The zero-order valence-corrected chi connectivity index (χ0v) is 8.57. The van der Waals surface area contributed by atoms with Gasteiger partial charge >= 0.3 is 0 Å². The molecule has 0 bridgehead atoms. The third-order valence-corrected chi connectivity index (χ3v) is 2.99. The molecule has 4 heteroatoms. The first kappa shape index (κ1) is 9.25. The fraction of sp³-hybridized carbons (Fsp3) is 0.444. The maximum atomic E-state index is 5.96. The van der Waals surface area contributed by atoms with E-state index in [9.17, 15) is 0 Å². The first-order valence-electron chi connectivity index (χ1n) is 4.18. The van der Waals surface area contributed by atoms with E-state index in [1.54, 1.807) is 6.20 Å². The van der Waals surface area contributed by atoms with Gasteiger partial charge in [-0.2, -0.15) is 0 Å². The molecule has 13 heavy (non-hydrogen) atoms. The van der Waals surface area contributed by atoms with E-state index >= 15 is 0 Å². The Morgan fingerprint density at radius 2 is 2.15 bits per heavy atom. The van der Waals surface area contributed by atoms with E-state index in [1.165, 1.54) is 0 Å². The molecular weight excluding hydrogens is 207 g/mol. The molecule has 0 spiro atoms. The van der Waals surface area contributed by atoms with Gasteiger partial charge in [0.2, 0.25) is 0 Å². The maximum Gasteiger partial charge on any atom is 0.147 e. The van der Waals surface area contributed by atoms with Crippen LogP contribution in [0.4, 0.5) is 0 Å². The van der Waals surface area contributed by atoms with E-state index in [4.69, 9.17) is 28.9 Å². The minimum absolute atomic E-state index is 0.00115. The van der Waals surface area contributed by atoms with Crippen molar-refractivity contribution in [2.45, 2.75) is 24.8 Å². The average molecular weight is 217 g/mol. The molecule has 1 aromatic heterocycles. The van der Waals surface area contributed by atoms with E-state index in [0.717, 1.165) is 24.8 Å². The fourth-order valence-corrected chi connectivity index (χ4v) is 1.59. The van der Waals surface area contributed by atoms with Crippen molar-refractivity contribution in [3.05, 3.63) is 28.0 Å². The van der Waals surface area contributed by atoms with E-state index in [0.29, 0.717) is 10.2 Å². The summed E-state index contributed by atoms with van der Waals surface area (Å²) < 4.78 is 0. The lowest BCUT2D eigenvalue weighted by Gasteiger charge is -2.08.